The van der Waals surface area contributed by atoms with Gasteiger partial charge in [-0.15, -0.1) is 0 Å². The Kier molecular flexibility index (Phi) is 5.18. The van der Waals surface area contributed by atoms with Crippen LogP contribution in [0.15, 0.2) is 12.5 Å². The van der Waals surface area contributed by atoms with Crippen LogP contribution in [0, 0.1) is 0 Å². The normalized spacial score (nSPS) is 21.6. The highest BCUT2D eigenvalue weighted by Crippen LogP contribution is 2.37. The van der Waals surface area contributed by atoms with Gasteiger partial charge in [-0.2, -0.15) is 0 Å². The number of imidazole rings is 1. The van der Waals surface area contributed by atoms with Crippen molar-refractivity contribution >= 4 is 11.8 Å². The molecule has 2 heterocycles. The monoisotopic (exact) mass is 333 g/mol. The number of primary amides is 1. The molecule has 7 nitrogen and oxygen atoms in total. The molecule has 7 heteroatoms. The van der Waals surface area contributed by atoms with Gasteiger partial charge in [0, 0.05) is 50.0 Å². The Morgan fingerprint density at radius 3 is 2.46 bits per heavy atom. The highest BCUT2D eigenvalue weighted by Gasteiger charge is 2.40. The molecule has 1 aromatic rings. The van der Waals surface area contributed by atoms with Gasteiger partial charge in [-0.25, -0.2) is 4.98 Å². The van der Waals surface area contributed by atoms with Crippen molar-refractivity contribution in [2.45, 2.75) is 50.5 Å². The summed E-state index contributed by atoms with van der Waals surface area (Å²) >= 11 is 0. The van der Waals surface area contributed by atoms with E-state index in [1.165, 1.54) is 6.42 Å². The molecule has 1 saturated carbocycles. The summed E-state index contributed by atoms with van der Waals surface area (Å²) in [6.07, 6.45) is 9.73. The van der Waals surface area contributed by atoms with Gasteiger partial charge in [-0.3, -0.25) is 14.5 Å². The average Bonchev–Trinajstić information content (AvgIpc) is 3.08. The number of piperazine rings is 1. The lowest BCUT2D eigenvalue weighted by Crippen LogP contribution is -2.59. The van der Waals surface area contributed by atoms with Crippen LogP contribution in [0.5, 0.6) is 0 Å². The van der Waals surface area contributed by atoms with Gasteiger partial charge in [-0.1, -0.05) is 19.3 Å². The average molecular weight is 333 g/mol. The summed E-state index contributed by atoms with van der Waals surface area (Å²) < 4.78 is 0. The lowest BCUT2D eigenvalue weighted by atomic mass is 9.77. The number of aromatic amines is 1. The molecule has 1 aromatic heterocycles. The fourth-order valence-electron chi connectivity index (χ4n) is 4.23. The molecule has 2 fully saturated rings. The van der Waals surface area contributed by atoms with E-state index in [2.05, 4.69) is 14.9 Å². The number of amides is 2. The molecule has 1 aliphatic carbocycles. The van der Waals surface area contributed by atoms with Crippen molar-refractivity contribution in [2.75, 3.05) is 26.2 Å². The predicted molar refractivity (Wildman–Crippen MR) is 90.1 cm³/mol. The van der Waals surface area contributed by atoms with E-state index in [4.69, 9.17) is 5.73 Å². The molecule has 1 aliphatic heterocycles. The highest BCUT2D eigenvalue weighted by molar-refractivity contribution is 5.78. The fourth-order valence-corrected chi connectivity index (χ4v) is 4.23. The molecule has 2 aliphatic rings. The first-order valence-electron chi connectivity index (χ1n) is 8.87. The van der Waals surface area contributed by atoms with E-state index in [1.54, 1.807) is 12.5 Å². The van der Waals surface area contributed by atoms with Crippen LogP contribution < -0.4 is 5.73 Å². The van der Waals surface area contributed by atoms with Crippen LogP contribution in [0.4, 0.5) is 0 Å². The first-order chi connectivity index (χ1) is 11.6. The second-order valence-electron chi connectivity index (χ2n) is 7.05. The highest BCUT2D eigenvalue weighted by atomic mass is 16.2. The first kappa shape index (κ1) is 17.0. The van der Waals surface area contributed by atoms with E-state index in [-0.39, 0.29) is 17.4 Å². The summed E-state index contributed by atoms with van der Waals surface area (Å²) in [5.41, 5.74) is 6.29. The Labute approximate surface area is 142 Å². The van der Waals surface area contributed by atoms with Gasteiger partial charge in [0.1, 0.15) is 0 Å². The number of carbonyl (C=O) groups is 2. The number of nitrogens with two attached hydrogens (primary N) is 1. The Morgan fingerprint density at radius 1 is 1.17 bits per heavy atom. The van der Waals surface area contributed by atoms with Crippen molar-refractivity contribution in [3.8, 4) is 0 Å². The quantitative estimate of drug-likeness (QED) is 0.828. The maximum atomic E-state index is 12.4. The molecule has 0 spiro atoms. The zero-order valence-electron chi connectivity index (χ0n) is 14.2. The van der Waals surface area contributed by atoms with E-state index < -0.39 is 0 Å². The molecule has 0 radical (unpaired) electrons. The van der Waals surface area contributed by atoms with Gasteiger partial charge in [0.15, 0.2) is 0 Å². The Bertz CT molecular complexity index is 558. The summed E-state index contributed by atoms with van der Waals surface area (Å²) in [6.45, 7) is 3.07. The van der Waals surface area contributed by atoms with Crippen molar-refractivity contribution in [1.82, 2.24) is 19.8 Å². The third kappa shape index (κ3) is 3.77. The first-order valence-corrected chi connectivity index (χ1v) is 8.87. The van der Waals surface area contributed by atoms with E-state index >= 15 is 0 Å². The molecule has 132 valence electrons. The van der Waals surface area contributed by atoms with Gasteiger partial charge < -0.3 is 15.6 Å². The third-order valence-electron chi connectivity index (χ3n) is 5.49. The predicted octanol–water partition coefficient (Wildman–Crippen LogP) is 0.675. The zero-order chi connectivity index (χ0) is 17.0. The van der Waals surface area contributed by atoms with E-state index in [0.717, 1.165) is 44.5 Å². The molecule has 24 heavy (non-hydrogen) atoms. The smallest absolute Gasteiger partial charge is 0.228 e. The molecule has 0 aromatic carbocycles. The van der Waals surface area contributed by atoms with E-state index in [0.29, 0.717) is 25.9 Å². The minimum atomic E-state index is -0.213. The van der Waals surface area contributed by atoms with Gasteiger partial charge in [0.05, 0.1) is 12.7 Å². The third-order valence-corrected chi connectivity index (χ3v) is 5.49. The number of H-pyrrole nitrogens is 1. The number of nitrogens with zero attached hydrogens (tertiary/aromatic N) is 3. The van der Waals surface area contributed by atoms with Gasteiger partial charge in [-0.05, 0) is 12.8 Å². The lowest BCUT2D eigenvalue weighted by Gasteiger charge is -2.49. The number of aromatic nitrogens is 2. The molecule has 3 rings (SSSR count). The van der Waals surface area contributed by atoms with Crippen LogP contribution in [-0.2, 0) is 16.0 Å². The van der Waals surface area contributed by atoms with Crippen LogP contribution in [0.1, 0.15) is 44.2 Å². The largest absolute Gasteiger partial charge is 0.370 e. The lowest BCUT2D eigenvalue weighted by molar-refractivity contribution is -0.135. The van der Waals surface area contributed by atoms with Crippen molar-refractivity contribution in [3.05, 3.63) is 18.2 Å². The Morgan fingerprint density at radius 2 is 1.88 bits per heavy atom. The molecular weight excluding hydrogens is 306 g/mol. The Balaban J connectivity index is 1.58. The molecular formula is C17H27N5O2. The summed E-state index contributed by atoms with van der Waals surface area (Å²) in [4.78, 5) is 35.2. The van der Waals surface area contributed by atoms with Crippen LogP contribution in [0.2, 0.25) is 0 Å². The second-order valence-corrected chi connectivity index (χ2v) is 7.05. The van der Waals surface area contributed by atoms with Crippen LogP contribution in [-0.4, -0.2) is 63.3 Å². The SMILES string of the molecule is NC(=O)CC1(N2CCN(C(=O)Cc3cnc[nH]3)CC2)CCCCC1. The van der Waals surface area contributed by atoms with Crippen molar-refractivity contribution in [2.24, 2.45) is 5.73 Å². The van der Waals surface area contributed by atoms with E-state index in [1.807, 2.05) is 4.90 Å². The van der Waals surface area contributed by atoms with Crippen molar-refractivity contribution in [3.63, 3.8) is 0 Å². The summed E-state index contributed by atoms with van der Waals surface area (Å²) in [5, 5.41) is 0. The number of carbonyl (C=O) groups excluding carboxylic acids is 2. The Hall–Kier alpha value is -1.89. The standard InChI is InChI=1S/C17H27N5O2/c18-15(23)11-17(4-2-1-3-5-17)22-8-6-21(7-9-22)16(24)10-14-12-19-13-20-14/h12-13H,1-11H2,(H2,18,23)(H,19,20). The number of hydrogen-bond donors (Lipinski definition) is 2. The molecule has 3 N–H and O–H groups in total. The van der Waals surface area contributed by atoms with E-state index in [9.17, 15) is 9.59 Å². The van der Waals surface area contributed by atoms with Crippen LogP contribution in [0.3, 0.4) is 0 Å². The summed E-state index contributed by atoms with van der Waals surface area (Å²) in [5.74, 6) is -0.0823. The number of rotatable bonds is 5. The number of hydrogen-bond acceptors (Lipinski definition) is 4. The second kappa shape index (κ2) is 7.34. The van der Waals surface area contributed by atoms with Crippen molar-refractivity contribution in [1.29, 1.82) is 0 Å². The minimum Gasteiger partial charge on any atom is -0.370 e. The molecule has 0 unspecified atom stereocenters. The minimum absolute atomic E-state index is 0.0808. The maximum absolute atomic E-state index is 12.4. The van der Waals surface area contributed by atoms with Gasteiger partial charge >= 0.3 is 0 Å². The number of nitrogens with one attached hydrogen (secondary N) is 1. The fraction of sp³-hybridized carbons (Fsp3) is 0.706. The molecule has 0 bridgehead atoms. The van der Waals surface area contributed by atoms with Gasteiger partial charge in [0.25, 0.3) is 0 Å². The van der Waals surface area contributed by atoms with Crippen molar-refractivity contribution < 1.29 is 9.59 Å². The van der Waals surface area contributed by atoms with Gasteiger partial charge in [0.2, 0.25) is 11.8 Å². The molecule has 0 atom stereocenters. The molecule has 2 amide bonds. The summed E-state index contributed by atoms with van der Waals surface area (Å²) in [7, 11) is 0. The maximum Gasteiger partial charge on any atom is 0.228 e. The molecule has 1 saturated heterocycles. The van der Waals surface area contributed by atoms with Crippen LogP contribution in [0.25, 0.3) is 0 Å². The van der Waals surface area contributed by atoms with Crippen LogP contribution >= 0.6 is 0 Å². The topological polar surface area (TPSA) is 95.3 Å². The zero-order valence-corrected chi connectivity index (χ0v) is 14.2. The summed E-state index contributed by atoms with van der Waals surface area (Å²) in [6, 6.07) is 0.